The lowest BCUT2D eigenvalue weighted by atomic mass is 10.0. The highest BCUT2D eigenvalue weighted by Gasteiger charge is 2.71. The van der Waals surface area contributed by atoms with Crippen molar-refractivity contribution in [2.24, 2.45) is 18.4 Å². The number of amides is 2. The zero-order chi connectivity index (χ0) is 27.0. The van der Waals surface area contributed by atoms with Crippen molar-refractivity contribution in [3.63, 3.8) is 0 Å². The molecule has 0 unspecified atom stereocenters. The molecule has 0 bridgehead atoms. The van der Waals surface area contributed by atoms with Crippen LogP contribution in [0.15, 0.2) is 36.7 Å². The Labute approximate surface area is 212 Å². The van der Waals surface area contributed by atoms with E-state index in [1.54, 1.807) is 19.1 Å². The molecule has 37 heavy (non-hydrogen) atoms. The molecule has 3 aromatic heterocycles. The number of aryl methyl sites for hydroxylation is 1. The number of anilines is 2. The second-order valence-electron chi connectivity index (χ2n) is 8.23. The highest BCUT2D eigenvalue weighted by molar-refractivity contribution is 6.30. The van der Waals surface area contributed by atoms with Crippen molar-refractivity contribution in [2.75, 3.05) is 10.6 Å². The summed E-state index contributed by atoms with van der Waals surface area (Å²) in [6, 6.07) is 7.60. The second kappa shape index (κ2) is 9.66. The third-order valence-electron chi connectivity index (χ3n) is 5.78. The van der Waals surface area contributed by atoms with Gasteiger partial charge in [0.2, 0.25) is 5.91 Å². The smallest absolute Gasteiger partial charge is 0.413 e. The predicted molar refractivity (Wildman–Crippen MR) is 123 cm³/mol. The lowest BCUT2D eigenvalue weighted by molar-refractivity contribution is -0.157. The van der Waals surface area contributed by atoms with E-state index in [0.717, 1.165) is 0 Å². The molecule has 1 saturated carbocycles. The third kappa shape index (κ3) is 5.17. The van der Waals surface area contributed by atoms with Crippen LogP contribution in [0.25, 0.3) is 11.4 Å². The maximum atomic E-state index is 13.0. The van der Waals surface area contributed by atoms with Crippen LogP contribution in [0.3, 0.4) is 0 Å². The fourth-order valence-electron chi connectivity index (χ4n) is 3.66. The maximum Gasteiger partial charge on any atom is 0.413 e. The number of pyridine rings is 2. The van der Waals surface area contributed by atoms with Crippen molar-refractivity contribution in [1.82, 2.24) is 25.0 Å². The predicted octanol–water partition coefficient (Wildman–Crippen LogP) is 4.27. The van der Waals surface area contributed by atoms with E-state index in [0.29, 0.717) is 5.56 Å². The Morgan fingerprint density at radius 2 is 2.05 bits per heavy atom. The topological polar surface area (TPSA) is 148 Å². The summed E-state index contributed by atoms with van der Waals surface area (Å²) in [5.74, 6) is -2.92. The zero-order valence-electron chi connectivity index (χ0n) is 19.2. The fraction of sp³-hybridized carbons (Fsp3) is 0.318. The van der Waals surface area contributed by atoms with Gasteiger partial charge < -0.3 is 10.1 Å². The van der Waals surface area contributed by atoms with Crippen LogP contribution < -0.4 is 10.6 Å². The first-order chi connectivity index (χ1) is 17.5. The van der Waals surface area contributed by atoms with Crippen LogP contribution in [0.1, 0.15) is 25.0 Å². The molecule has 4 rings (SSSR count). The Morgan fingerprint density at radius 1 is 1.30 bits per heavy atom. The molecule has 3 atom stereocenters. The van der Waals surface area contributed by atoms with E-state index in [-0.39, 0.29) is 28.0 Å². The fourth-order valence-corrected chi connectivity index (χ4v) is 3.93. The Hall–Kier alpha value is -4.25. The second-order valence-corrected chi connectivity index (χ2v) is 8.59. The number of hydrogen-bond donors (Lipinski definition) is 2. The number of nitrogens with zero attached hydrogens (tertiary/aromatic N) is 6. The molecule has 0 aromatic carbocycles. The van der Waals surface area contributed by atoms with Crippen molar-refractivity contribution in [3.05, 3.63) is 47.4 Å². The molecule has 2 N–H and O–H groups in total. The van der Waals surface area contributed by atoms with Crippen molar-refractivity contribution in [1.29, 1.82) is 5.26 Å². The maximum absolute atomic E-state index is 13.0. The number of nitrogens with one attached hydrogen (secondary N) is 2. The number of carbonyl (C=O) groups excluding carboxylic acids is 2. The summed E-state index contributed by atoms with van der Waals surface area (Å²) < 4.78 is 45.5. The minimum absolute atomic E-state index is 0.0798. The van der Waals surface area contributed by atoms with Gasteiger partial charge >= 0.3 is 12.3 Å². The van der Waals surface area contributed by atoms with Gasteiger partial charge in [-0.2, -0.15) is 18.4 Å². The Kier molecular flexibility index (Phi) is 6.74. The molecule has 0 aliphatic heterocycles. The van der Waals surface area contributed by atoms with E-state index >= 15 is 0 Å². The number of carbonyl (C=O) groups is 2. The molecule has 3 heterocycles. The molecule has 0 radical (unpaired) electrons. The van der Waals surface area contributed by atoms with Gasteiger partial charge in [0.15, 0.2) is 11.5 Å². The van der Waals surface area contributed by atoms with Gasteiger partial charge in [0.25, 0.3) is 0 Å². The normalized spacial score (nSPS) is 19.4. The molecule has 2 amide bonds. The van der Waals surface area contributed by atoms with E-state index in [2.05, 4.69) is 30.9 Å². The first-order valence-electron chi connectivity index (χ1n) is 10.7. The Balaban J connectivity index is 1.45. The van der Waals surface area contributed by atoms with E-state index in [9.17, 15) is 28.0 Å². The molecule has 15 heteroatoms. The van der Waals surface area contributed by atoms with Gasteiger partial charge in [-0.3, -0.25) is 15.1 Å². The highest BCUT2D eigenvalue weighted by atomic mass is 35.5. The number of alkyl halides is 3. The summed E-state index contributed by atoms with van der Waals surface area (Å²) in [6.07, 6.45) is -4.09. The molecular weight excluding hydrogens is 517 g/mol. The minimum Gasteiger partial charge on any atom is -0.441 e. The lowest BCUT2D eigenvalue weighted by Gasteiger charge is -2.15. The molecule has 0 spiro atoms. The van der Waals surface area contributed by atoms with E-state index in [1.807, 2.05) is 0 Å². The summed E-state index contributed by atoms with van der Waals surface area (Å²) in [4.78, 5) is 33.0. The summed E-state index contributed by atoms with van der Waals surface area (Å²) in [5.41, 5.74) is -1.17. The first kappa shape index (κ1) is 25.8. The van der Waals surface area contributed by atoms with E-state index < -0.39 is 42.0 Å². The summed E-state index contributed by atoms with van der Waals surface area (Å²) in [5, 5.41) is 22.0. The molecule has 1 aliphatic carbocycles. The van der Waals surface area contributed by atoms with Crippen LogP contribution in [0.4, 0.5) is 29.5 Å². The van der Waals surface area contributed by atoms with Gasteiger partial charge in [0.05, 0.1) is 29.6 Å². The summed E-state index contributed by atoms with van der Waals surface area (Å²) >= 11 is 6.04. The van der Waals surface area contributed by atoms with Gasteiger partial charge in [0.1, 0.15) is 16.7 Å². The molecule has 192 valence electrons. The monoisotopic (exact) mass is 534 g/mol. The van der Waals surface area contributed by atoms with Crippen molar-refractivity contribution < 1.29 is 27.5 Å². The van der Waals surface area contributed by atoms with E-state index in [1.165, 1.54) is 42.3 Å². The van der Waals surface area contributed by atoms with Crippen molar-refractivity contribution in [2.45, 2.75) is 25.6 Å². The van der Waals surface area contributed by atoms with Crippen molar-refractivity contribution >= 4 is 35.1 Å². The number of ether oxygens (including phenoxy) is 1. The summed E-state index contributed by atoms with van der Waals surface area (Å²) in [6.45, 7) is 1.62. The minimum atomic E-state index is -4.65. The van der Waals surface area contributed by atoms with Crippen LogP contribution in [0, 0.1) is 22.7 Å². The van der Waals surface area contributed by atoms with Gasteiger partial charge in [-0.25, -0.2) is 14.5 Å². The van der Waals surface area contributed by atoms with Crippen molar-refractivity contribution in [3.8, 4) is 17.5 Å². The number of nitriles is 1. The molecule has 1 aliphatic rings. The first-order valence-corrected chi connectivity index (χ1v) is 11.1. The highest BCUT2D eigenvalue weighted by Crippen LogP contribution is 2.60. The molecule has 11 nitrogen and oxygen atoms in total. The number of rotatable bonds is 6. The largest absolute Gasteiger partial charge is 0.441 e. The Bertz CT molecular complexity index is 1390. The lowest BCUT2D eigenvalue weighted by Crippen LogP contribution is -2.29. The van der Waals surface area contributed by atoms with Crippen LogP contribution in [-0.2, 0) is 16.6 Å². The number of halogens is 4. The van der Waals surface area contributed by atoms with Gasteiger partial charge in [-0.15, -0.1) is 5.10 Å². The van der Waals surface area contributed by atoms with E-state index in [4.69, 9.17) is 16.3 Å². The van der Waals surface area contributed by atoms with Crippen LogP contribution in [0.2, 0.25) is 5.15 Å². The molecular formula is C22H18ClF3N8O3. The third-order valence-corrected chi connectivity index (χ3v) is 6.10. The zero-order valence-corrected chi connectivity index (χ0v) is 20.0. The number of aromatic nitrogens is 5. The SMILES string of the molecule is C[C@@H](OC(=O)Nc1c(-c2ccc(NC(=O)[C@@]3(C#N)C[C@@H]3C(F)(F)F)cn2)nnn1C)c1cccnc1Cl. The molecule has 1 fully saturated rings. The van der Waals surface area contributed by atoms with Gasteiger partial charge in [-0.1, -0.05) is 22.9 Å². The van der Waals surface area contributed by atoms with Gasteiger partial charge in [0, 0.05) is 18.8 Å². The van der Waals surface area contributed by atoms with Crippen LogP contribution in [0.5, 0.6) is 0 Å². The Morgan fingerprint density at radius 3 is 2.65 bits per heavy atom. The van der Waals surface area contributed by atoms with Crippen LogP contribution >= 0.6 is 11.6 Å². The molecule has 0 saturated heterocycles. The van der Waals surface area contributed by atoms with Gasteiger partial charge in [-0.05, 0) is 31.5 Å². The average molecular weight is 535 g/mol. The van der Waals surface area contributed by atoms with Crippen LogP contribution in [-0.4, -0.2) is 43.1 Å². The average Bonchev–Trinajstić information content (AvgIpc) is 3.53. The standard InChI is InChI=1S/C22H18ClF3N8O3/c1-11(13-4-3-7-28-17(13)23)37-20(36)31-18-16(32-33-34(18)2)14-6-5-12(9-29-14)30-19(35)21(10-27)8-15(21)22(24,25)26/h3-7,9,11,15H,8H2,1-2H3,(H,30,35)(H,31,36)/t11-,15+,21-/m1/s1. The molecule has 3 aromatic rings. The quantitative estimate of drug-likeness (QED) is 0.446. The number of hydrogen-bond acceptors (Lipinski definition) is 8. The summed E-state index contributed by atoms with van der Waals surface area (Å²) in [7, 11) is 1.52.